The largest absolute Gasteiger partial charge is 0.465 e. The molecule has 1 heterocycles. The van der Waals surface area contributed by atoms with Gasteiger partial charge in [-0.3, -0.25) is 4.90 Å². The summed E-state index contributed by atoms with van der Waals surface area (Å²) < 4.78 is 4.78. The molecular weight excluding hydrogens is 264 g/mol. The van der Waals surface area contributed by atoms with Gasteiger partial charge in [0.2, 0.25) is 0 Å². The van der Waals surface area contributed by atoms with E-state index in [1.807, 2.05) is 12.1 Å². The highest BCUT2D eigenvalue weighted by atomic mass is 16.5. The maximum Gasteiger partial charge on any atom is 0.337 e. The molecule has 0 radical (unpaired) electrons. The number of esters is 1. The van der Waals surface area contributed by atoms with Crippen LogP contribution in [0.1, 0.15) is 42.1 Å². The molecule has 1 aromatic carbocycles. The molecule has 1 unspecified atom stereocenters. The summed E-state index contributed by atoms with van der Waals surface area (Å²) in [6, 6.07) is 8.33. The Kier molecular flexibility index (Phi) is 6.21. The molecule has 1 aliphatic rings. The zero-order valence-corrected chi connectivity index (χ0v) is 13.1. The number of nitrogens with zero attached hydrogens (tertiary/aromatic N) is 1. The van der Waals surface area contributed by atoms with Crippen LogP contribution < -0.4 is 5.32 Å². The van der Waals surface area contributed by atoms with Crippen molar-refractivity contribution in [3.05, 3.63) is 35.4 Å². The number of benzene rings is 1. The Morgan fingerprint density at radius 2 is 2.29 bits per heavy atom. The second-order valence-electron chi connectivity index (χ2n) is 5.67. The summed E-state index contributed by atoms with van der Waals surface area (Å²) in [6.45, 7) is 6.28. The molecule has 0 spiro atoms. The lowest BCUT2D eigenvalue weighted by atomic mass is 10.0. The molecule has 0 saturated carbocycles. The predicted octanol–water partition coefficient (Wildman–Crippen LogP) is 2.44. The normalized spacial score (nSPS) is 18.7. The van der Waals surface area contributed by atoms with Gasteiger partial charge in [0.1, 0.15) is 0 Å². The first-order valence-corrected chi connectivity index (χ1v) is 7.86. The molecule has 1 N–H and O–H groups in total. The highest BCUT2D eigenvalue weighted by molar-refractivity contribution is 5.89. The van der Waals surface area contributed by atoms with Gasteiger partial charge in [0.15, 0.2) is 0 Å². The summed E-state index contributed by atoms with van der Waals surface area (Å²) >= 11 is 0. The topological polar surface area (TPSA) is 41.6 Å². The fourth-order valence-electron chi connectivity index (χ4n) is 2.87. The van der Waals surface area contributed by atoms with Gasteiger partial charge in [-0.25, -0.2) is 4.79 Å². The number of hydrogen-bond donors (Lipinski definition) is 1. The molecule has 0 amide bonds. The van der Waals surface area contributed by atoms with Crippen LogP contribution in [0.25, 0.3) is 0 Å². The van der Waals surface area contributed by atoms with E-state index in [0.717, 1.165) is 31.7 Å². The minimum atomic E-state index is -0.270. The van der Waals surface area contributed by atoms with E-state index in [2.05, 4.69) is 23.2 Å². The number of hydrogen-bond acceptors (Lipinski definition) is 4. The molecule has 4 nitrogen and oxygen atoms in total. The van der Waals surface area contributed by atoms with Crippen LogP contribution >= 0.6 is 0 Å². The second kappa shape index (κ2) is 8.15. The molecule has 1 saturated heterocycles. The summed E-state index contributed by atoms with van der Waals surface area (Å²) in [6.07, 6.45) is 3.88. The van der Waals surface area contributed by atoms with E-state index < -0.39 is 0 Å². The third-order valence-electron chi connectivity index (χ3n) is 4.09. The highest BCUT2D eigenvalue weighted by Crippen LogP contribution is 2.13. The Morgan fingerprint density at radius 1 is 1.43 bits per heavy atom. The number of ether oxygens (including phenoxy) is 1. The van der Waals surface area contributed by atoms with E-state index in [0.29, 0.717) is 11.6 Å². The zero-order valence-electron chi connectivity index (χ0n) is 13.1. The lowest BCUT2D eigenvalue weighted by Crippen LogP contribution is -2.43. The maximum absolute atomic E-state index is 11.6. The van der Waals surface area contributed by atoms with Crippen LogP contribution in [0, 0.1) is 0 Å². The van der Waals surface area contributed by atoms with Gasteiger partial charge in [0, 0.05) is 19.1 Å². The van der Waals surface area contributed by atoms with E-state index in [9.17, 15) is 4.79 Å². The smallest absolute Gasteiger partial charge is 0.337 e. The number of nitrogens with one attached hydrogen (secondary N) is 1. The average Bonchev–Trinajstić information content (AvgIpc) is 2.54. The van der Waals surface area contributed by atoms with Crippen LogP contribution in [0.5, 0.6) is 0 Å². The van der Waals surface area contributed by atoms with Crippen LogP contribution in [0.3, 0.4) is 0 Å². The lowest BCUT2D eigenvalue weighted by Gasteiger charge is -2.30. The van der Waals surface area contributed by atoms with E-state index >= 15 is 0 Å². The van der Waals surface area contributed by atoms with Crippen molar-refractivity contribution in [1.82, 2.24) is 10.2 Å². The fraction of sp³-hybridized carbons (Fsp3) is 0.588. The molecule has 1 atom stereocenters. The van der Waals surface area contributed by atoms with Crippen LogP contribution in [0.4, 0.5) is 0 Å². The monoisotopic (exact) mass is 290 g/mol. The van der Waals surface area contributed by atoms with Gasteiger partial charge in [0.05, 0.1) is 12.7 Å². The lowest BCUT2D eigenvalue weighted by molar-refractivity contribution is 0.0600. The number of carbonyl (C=O) groups excluding carboxylic acids is 1. The van der Waals surface area contributed by atoms with Crippen LogP contribution in [-0.2, 0) is 11.3 Å². The zero-order chi connectivity index (χ0) is 15.1. The van der Waals surface area contributed by atoms with Crippen molar-refractivity contribution < 1.29 is 9.53 Å². The van der Waals surface area contributed by atoms with Gasteiger partial charge >= 0.3 is 5.97 Å². The van der Waals surface area contributed by atoms with Gasteiger partial charge in [-0.2, -0.15) is 0 Å². The van der Waals surface area contributed by atoms with Crippen molar-refractivity contribution in [3.63, 3.8) is 0 Å². The Morgan fingerprint density at radius 3 is 2.95 bits per heavy atom. The number of methoxy groups -OCH3 is 1. The van der Waals surface area contributed by atoms with Gasteiger partial charge in [-0.1, -0.05) is 25.5 Å². The van der Waals surface area contributed by atoms with Crippen LogP contribution in [0.2, 0.25) is 0 Å². The van der Waals surface area contributed by atoms with Crippen molar-refractivity contribution in [2.75, 3.05) is 26.7 Å². The molecule has 2 rings (SSSR count). The van der Waals surface area contributed by atoms with Crippen LogP contribution in [0.15, 0.2) is 24.3 Å². The minimum absolute atomic E-state index is 0.270. The number of likely N-dealkylation sites (N-methyl/N-ethyl adjacent to an activating group) is 1. The Balaban J connectivity index is 1.95. The molecule has 116 valence electrons. The Labute approximate surface area is 127 Å². The number of piperidine rings is 1. The van der Waals surface area contributed by atoms with Gasteiger partial charge in [-0.15, -0.1) is 0 Å². The first-order chi connectivity index (χ1) is 10.2. The van der Waals surface area contributed by atoms with Crippen molar-refractivity contribution in [1.29, 1.82) is 0 Å². The molecule has 1 aromatic rings. The number of rotatable bonds is 6. The van der Waals surface area contributed by atoms with E-state index in [4.69, 9.17) is 4.74 Å². The summed E-state index contributed by atoms with van der Waals surface area (Å²) in [5.41, 5.74) is 1.79. The maximum atomic E-state index is 11.6. The van der Waals surface area contributed by atoms with E-state index in [1.54, 1.807) is 6.07 Å². The summed E-state index contributed by atoms with van der Waals surface area (Å²) in [4.78, 5) is 14.0. The van der Waals surface area contributed by atoms with Crippen molar-refractivity contribution in [2.24, 2.45) is 0 Å². The van der Waals surface area contributed by atoms with Gasteiger partial charge < -0.3 is 10.1 Å². The third kappa shape index (κ3) is 4.83. The summed E-state index contributed by atoms with van der Waals surface area (Å²) in [7, 11) is 1.42. The average molecular weight is 290 g/mol. The molecule has 0 bridgehead atoms. The summed E-state index contributed by atoms with van der Waals surface area (Å²) in [5, 5.41) is 3.59. The minimum Gasteiger partial charge on any atom is -0.465 e. The standard InChI is InChI=1S/C17H26N2O2/c1-3-19(13-16-9-4-5-10-18-16)12-14-7-6-8-15(11-14)17(20)21-2/h6-8,11,16,18H,3-5,9-10,12-13H2,1-2H3. The Hall–Kier alpha value is -1.39. The molecule has 4 heteroatoms. The van der Waals surface area contributed by atoms with Gasteiger partial charge in [-0.05, 0) is 43.6 Å². The summed E-state index contributed by atoms with van der Waals surface area (Å²) in [5.74, 6) is -0.270. The molecule has 21 heavy (non-hydrogen) atoms. The third-order valence-corrected chi connectivity index (χ3v) is 4.09. The SMILES string of the molecule is CCN(Cc1cccc(C(=O)OC)c1)CC1CCCCN1. The molecular formula is C17H26N2O2. The van der Waals surface area contributed by atoms with Crippen molar-refractivity contribution >= 4 is 5.97 Å². The van der Waals surface area contributed by atoms with Crippen molar-refractivity contribution in [2.45, 2.75) is 38.8 Å². The molecule has 1 aliphatic heterocycles. The first-order valence-electron chi connectivity index (χ1n) is 7.86. The van der Waals surface area contributed by atoms with E-state index in [1.165, 1.54) is 26.4 Å². The number of carbonyl (C=O) groups is 1. The van der Waals surface area contributed by atoms with E-state index in [-0.39, 0.29) is 5.97 Å². The quantitative estimate of drug-likeness (QED) is 0.817. The first kappa shape index (κ1) is 16.0. The van der Waals surface area contributed by atoms with Crippen molar-refractivity contribution in [3.8, 4) is 0 Å². The molecule has 1 fully saturated rings. The molecule has 0 aromatic heterocycles. The molecule has 0 aliphatic carbocycles. The van der Waals surface area contributed by atoms with Crippen LogP contribution in [-0.4, -0.2) is 43.7 Å². The van der Waals surface area contributed by atoms with Gasteiger partial charge in [0.25, 0.3) is 0 Å². The second-order valence-corrected chi connectivity index (χ2v) is 5.67. The Bertz CT molecular complexity index is 456. The highest BCUT2D eigenvalue weighted by Gasteiger charge is 2.16. The fourth-order valence-corrected chi connectivity index (χ4v) is 2.87. The predicted molar refractivity (Wildman–Crippen MR) is 84.4 cm³/mol.